The highest BCUT2D eigenvalue weighted by molar-refractivity contribution is 5.69. The van der Waals surface area contributed by atoms with Gasteiger partial charge in [-0.2, -0.15) is 0 Å². The van der Waals surface area contributed by atoms with Gasteiger partial charge in [-0.15, -0.1) is 0 Å². The lowest BCUT2D eigenvalue weighted by Gasteiger charge is -2.05. The molecule has 0 aliphatic heterocycles. The van der Waals surface area contributed by atoms with E-state index in [9.17, 15) is 18.4 Å². The van der Waals surface area contributed by atoms with Crippen molar-refractivity contribution in [2.75, 3.05) is 0 Å². The third-order valence-electron chi connectivity index (χ3n) is 2.55. The van der Waals surface area contributed by atoms with E-state index in [0.717, 1.165) is 20.0 Å². The first-order chi connectivity index (χ1) is 7.93. The molecular formula is C9H10F2N4O2. The lowest BCUT2D eigenvalue weighted by atomic mass is 10.5. The lowest BCUT2D eigenvalue weighted by Crippen LogP contribution is -2.37. The van der Waals surface area contributed by atoms with Gasteiger partial charge in [0.25, 0.3) is 12.0 Å². The van der Waals surface area contributed by atoms with Crippen molar-refractivity contribution in [1.82, 2.24) is 18.7 Å². The van der Waals surface area contributed by atoms with Crippen LogP contribution in [0.25, 0.3) is 11.2 Å². The molecule has 2 heterocycles. The topological polar surface area (TPSA) is 61.8 Å². The van der Waals surface area contributed by atoms with Crippen molar-refractivity contribution in [2.45, 2.75) is 13.0 Å². The number of aromatic nitrogens is 4. The van der Waals surface area contributed by atoms with Gasteiger partial charge in [-0.25, -0.2) is 18.6 Å². The zero-order valence-electron chi connectivity index (χ0n) is 9.22. The SMILES string of the molecule is Cn1c(=O)c2c(ncn2CC(F)F)n(C)c1=O. The van der Waals surface area contributed by atoms with E-state index in [-0.39, 0.29) is 11.2 Å². The first-order valence-electron chi connectivity index (χ1n) is 4.82. The summed E-state index contributed by atoms with van der Waals surface area (Å²) < 4.78 is 27.7. The summed E-state index contributed by atoms with van der Waals surface area (Å²) in [5.41, 5.74) is -1.04. The molecule has 0 saturated heterocycles. The van der Waals surface area contributed by atoms with Crippen LogP contribution in [0.1, 0.15) is 0 Å². The van der Waals surface area contributed by atoms with Crippen LogP contribution < -0.4 is 11.2 Å². The highest BCUT2D eigenvalue weighted by Gasteiger charge is 2.16. The predicted molar refractivity (Wildman–Crippen MR) is 56.2 cm³/mol. The van der Waals surface area contributed by atoms with Gasteiger partial charge in [0.15, 0.2) is 11.2 Å². The minimum absolute atomic E-state index is 0.00917. The molecule has 0 amide bonds. The molecule has 0 fully saturated rings. The maximum atomic E-state index is 12.3. The van der Waals surface area contributed by atoms with E-state index >= 15 is 0 Å². The second-order valence-corrected chi connectivity index (χ2v) is 3.67. The van der Waals surface area contributed by atoms with Crippen LogP contribution in [0.15, 0.2) is 15.9 Å². The molecule has 92 valence electrons. The smallest absolute Gasteiger partial charge is 0.319 e. The standard InChI is InChI=1S/C9H10F2N4O2/c1-13-7-6(8(16)14(2)9(13)17)15(4-12-7)3-5(10)11/h4-5H,3H2,1-2H3. The van der Waals surface area contributed by atoms with Crippen LogP contribution in [-0.2, 0) is 20.6 Å². The molecule has 0 radical (unpaired) electrons. The maximum Gasteiger partial charge on any atom is 0.332 e. The molecule has 0 bridgehead atoms. The van der Waals surface area contributed by atoms with Crippen LogP contribution >= 0.6 is 0 Å². The van der Waals surface area contributed by atoms with Gasteiger partial charge >= 0.3 is 5.69 Å². The lowest BCUT2D eigenvalue weighted by molar-refractivity contribution is 0.128. The number of hydrogen-bond acceptors (Lipinski definition) is 3. The largest absolute Gasteiger partial charge is 0.332 e. The van der Waals surface area contributed by atoms with E-state index in [2.05, 4.69) is 4.98 Å². The summed E-state index contributed by atoms with van der Waals surface area (Å²) in [4.78, 5) is 27.2. The van der Waals surface area contributed by atoms with Crippen LogP contribution in [0, 0.1) is 0 Å². The van der Waals surface area contributed by atoms with Crippen LogP contribution in [-0.4, -0.2) is 25.1 Å². The Labute approximate surface area is 93.7 Å². The fourth-order valence-corrected chi connectivity index (χ4v) is 1.68. The molecule has 0 aliphatic rings. The molecule has 2 aromatic heterocycles. The highest BCUT2D eigenvalue weighted by Crippen LogP contribution is 2.07. The van der Waals surface area contributed by atoms with Gasteiger partial charge in [0.2, 0.25) is 0 Å². The summed E-state index contributed by atoms with van der Waals surface area (Å²) in [6, 6.07) is 0. The highest BCUT2D eigenvalue weighted by atomic mass is 19.3. The molecule has 0 aliphatic carbocycles. The van der Waals surface area contributed by atoms with Crippen molar-refractivity contribution < 1.29 is 8.78 Å². The van der Waals surface area contributed by atoms with Gasteiger partial charge in [-0.1, -0.05) is 0 Å². The Bertz CT molecular complexity index is 683. The number of imidazole rings is 1. The Balaban J connectivity index is 2.86. The predicted octanol–water partition coefficient (Wildman–Crippen LogP) is -0.301. The fraction of sp³-hybridized carbons (Fsp3) is 0.444. The number of hydrogen-bond donors (Lipinski definition) is 0. The van der Waals surface area contributed by atoms with Gasteiger partial charge in [-0.05, 0) is 0 Å². The number of nitrogens with zero attached hydrogens (tertiary/aromatic N) is 4. The summed E-state index contributed by atoms with van der Waals surface area (Å²) >= 11 is 0. The van der Waals surface area contributed by atoms with Crippen LogP contribution in [0.3, 0.4) is 0 Å². The van der Waals surface area contributed by atoms with Crippen LogP contribution in [0.4, 0.5) is 8.78 Å². The van der Waals surface area contributed by atoms with Gasteiger partial charge in [0.05, 0.1) is 12.9 Å². The zero-order valence-corrected chi connectivity index (χ0v) is 9.22. The third kappa shape index (κ3) is 1.65. The van der Waals surface area contributed by atoms with Crippen molar-refractivity contribution in [2.24, 2.45) is 14.1 Å². The second kappa shape index (κ2) is 3.79. The Hall–Kier alpha value is -1.99. The summed E-state index contributed by atoms with van der Waals surface area (Å²) in [5, 5.41) is 0. The van der Waals surface area contributed by atoms with Crippen molar-refractivity contribution in [3.05, 3.63) is 27.2 Å². The van der Waals surface area contributed by atoms with Gasteiger partial charge in [0, 0.05) is 14.1 Å². The Morgan fingerprint density at radius 1 is 1.29 bits per heavy atom. The van der Waals surface area contributed by atoms with Crippen LogP contribution in [0.2, 0.25) is 0 Å². The molecule has 0 saturated carbocycles. The van der Waals surface area contributed by atoms with Gasteiger partial charge in [0.1, 0.15) is 0 Å². The van der Waals surface area contributed by atoms with Crippen molar-refractivity contribution >= 4 is 11.2 Å². The monoisotopic (exact) mass is 244 g/mol. The zero-order chi connectivity index (χ0) is 12.7. The minimum atomic E-state index is -2.59. The summed E-state index contributed by atoms with van der Waals surface area (Å²) in [6.07, 6.45) is -1.45. The second-order valence-electron chi connectivity index (χ2n) is 3.67. The molecule has 2 rings (SSSR count). The van der Waals surface area contributed by atoms with Gasteiger partial charge in [-0.3, -0.25) is 13.9 Å². The fourth-order valence-electron chi connectivity index (χ4n) is 1.68. The van der Waals surface area contributed by atoms with E-state index in [0.29, 0.717) is 0 Å². The average molecular weight is 244 g/mol. The summed E-state index contributed by atoms with van der Waals surface area (Å²) in [5.74, 6) is 0. The first kappa shape index (κ1) is 11.5. The van der Waals surface area contributed by atoms with E-state index in [4.69, 9.17) is 0 Å². The summed E-state index contributed by atoms with van der Waals surface area (Å²) in [7, 11) is 2.73. The Kier molecular flexibility index (Phi) is 2.56. The number of halogens is 2. The van der Waals surface area contributed by atoms with Crippen molar-refractivity contribution in [3.63, 3.8) is 0 Å². The number of fused-ring (bicyclic) bond motifs is 1. The molecule has 8 heteroatoms. The quantitative estimate of drug-likeness (QED) is 0.728. The van der Waals surface area contributed by atoms with E-state index in [1.807, 2.05) is 0 Å². The van der Waals surface area contributed by atoms with Gasteiger partial charge < -0.3 is 4.57 Å². The molecule has 0 spiro atoms. The van der Waals surface area contributed by atoms with E-state index in [1.54, 1.807) is 0 Å². The Morgan fingerprint density at radius 3 is 2.53 bits per heavy atom. The minimum Gasteiger partial charge on any atom is -0.319 e. The molecule has 0 atom stereocenters. The van der Waals surface area contributed by atoms with Crippen LogP contribution in [0.5, 0.6) is 0 Å². The molecule has 6 nitrogen and oxygen atoms in total. The summed E-state index contributed by atoms with van der Waals surface area (Å²) in [6.45, 7) is -0.621. The molecule has 17 heavy (non-hydrogen) atoms. The van der Waals surface area contributed by atoms with E-state index in [1.165, 1.54) is 14.1 Å². The molecule has 0 unspecified atom stereocenters. The first-order valence-corrected chi connectivity index (χ1v) is 4.82. The van der Waals surface area contributed by atoms with E-state index < -0.39 is 24.2 Å². The molecule has 2 aromatic rings. The molecule has 0 N–H and O–H groups in total. The third-order valence-corrected chi connectivity index (χ3v) is 2.55. The van der Waals surface area contributed by atoms with Crippen molar-refractivity contribution in [3.8, 4) is 0 Å². The van der Waals surface area contributed by atoms with Crippen molar-refractivity contribution in [1.29, 1.82) is 0 Å². The number of rotatable bonds is 2. The molecular weight excluding hydrogens is 234 g/mol. The molecule has 0 aromatic carbocycles. The Morgan fingerprint density at radius 2 is 1.94 bits per heavy atom. The normalized spacial score (nSPS) is 11.6. The number of alkyl halides is 2. The number of aryl methyl sites for hydroxylation is 1. The average Bonchev–Trinajstić information content (AvgIpc) is 2.66. The maximum absolute atomic E-state index is 12.3.